The van der Waals surface area contributed by atoms with Crippen molar-refractivity contribution in [2.75, 3.05) is 12.8 Å². The van der Waals surface area contributed by atoms with E-state index in [9.17, 15) is 8.42 Å². The molecule has 0 amide bonds. The standard InChI is InChI=1S/C16H27NO2S2/c1-5-8-15(17-7-3)16(6-2)20-13-9-11-14(12-10-13)21(4,18)19/h9-12,15-17H,5-8H2,1-4H3. The normalized spacial score (nSPS) is 14.9. The van der Waals surface area contributed by atoms with Gasteiger partial charge in [-0.25, -0.2) is 8.42 Å². The van der Waals surface area contributed by atoms with Gasteiger partial charge in [0.1, 0.15) is 0 Å². The second-order valence-electron chi connectivity index (χ2n) is 5.26. The summed E-state index contributed by atoms with van der Waals surface area (Å²) in [7, 11) is -3.11. The third-order valence-corrected chi connectivity index (χ3v) is 6.09. The van der Waals surface area contributed by atoms with Crippen molar-refractivity contribution in [1.82, 2.24) is 5.32 Å². The Morgan fingerprint density at radius 1 is 1.14 bits per heavy atom. The summed E-state index contributed by atoms with van der Waals surface area (Å²) >= 11 is 1.84. The van der Waals surface area contributed by atoms with E-state index in [1.54, 1.807) is 12.1 Å². The molecule has 0 saturated carbocycles. The van der Waals surface area contributed by atoms with Gasteiger partial charge in [-0.05, 0) is 43.7 Å². The quantitative estimate of drug-likeness (QED) is 0.701. The molecule has 3 nitrogen and oxygen atoms in total. The minimum absolute atomic E-state index is 0.386. The summed E-state index contributed by atoms with van der Waals surface area (Å²) in [5, 5.41) is 4.08. The van der Waals surface area contributed by atoms with Crippen molar-refractivity contribution in [3.05, 3.63) is 24.3 Å². The third kappa shape index (κ3) is 6.01. The minimum Gasteiger partial charge on any atom is -0.313 e. The summed E-state index contributed by atoms with van der Waals surface area (Å²) in [6.07, 6.45) is 4.67. The van der Waals surface area contributed by atoms with Gasteiger partial charge in [-0.2, -0.15) is 0 Å². The average molecular weight is 330 g/mol. The van der Waals surface area contributed by atoms with Gasteiger partial charge in [0.2, 0.25) is 0 Å². The molecule has 0 aliphatic carbocycles. The maximum Gasteiger partial charge on any atom is 0.175 e. The van der Waals surface area contributed by atoms with E-state index in [-0.39, 0.29) is 0 Å². The van der Waals surface area contributed by atoms with E-state index in [2.05, 4.69) is 26.1 Å². The first-order valence-electron chi connectivity index (χ1n) is 7.62. The first-order chi connectivity index (χ1) is 9.92. The predicted octanol–water partition coefficient (Wildman–Crippen LogP) is 3.74. The Labute approximate surface area is 133 Å². The van der Waals surface area contributed by atoms with E-state index in [1.807, 2.05) is 23.9 Å². The van der Waals surface area contributed by atoms with Gasteiger partial charge in [0.25, 0.3) is 0 Å². The van der Waals surface area contributed by atoms with Crippen LogP contribution in [0.5, 0.6) is 0 Å². The van der Waals surface area contributed by atoms with E-state index in [4.69, 9.17) is 0 Å². The van der Waals surface area contributed by atoms with Gasteiger partial charge in [-0.15, -0.1) is 11.8 Å². The molecule has 1 N–H and O–H groups in total. The molecule has 0 fully saturated rings. The molecule has 0 radical (unpaired) electrons. The lowest BCUT2D eigenvalue weighted by molar-refractivity contribution is 0.465. The number of hydrogen-bond acceptors (Lipinski definition) is 4. The third-order valence-electron chi connectivity index (χ3n) is 3.46. The lowest BCUT2D eigenvalue weighted by atomic mass is 10.1. The zero-order valence-electron chi connectivity index (χ0n) is 13.4. The van der Waals surface area contributed by atoms with Gasteiger partial charge in [-0.3, -0.25) is 0 Å². The molecule has 0 heterocycles. The van der Waals surface area contributed by atoms with Gasteiger partial charge < -0.3 is 5.32 Å². The van der Waals surface area contributed by atoms with Crippen molar-refractivity contribution in [2.24, 2.45) is 0 Å². The van der Waals surface area contributed by atoms with Crippen molar-refractivity contribution in [2.45, 2.75) is 61.1 Å². The van der Waals surface area contributed by atoms with Crippen molar-refractivity contribution in [3.63, 3.8) is 0 Å². The lowest BCUT2D eigenvalue weighted by Gasteiger charge is -2.26. The summed E-state index contributed by atoms with van der Waals surface area (Å²) in [6, 6.07) is 7.74. The SMILES string of the molecule is CCCC(NCC)C(CC)Sc1ccc(S(C)(=O)=O)cc1. The van der Waals surface area contributed by atoms with Crippen LogP contribution in [0.15, 0.2) is 34.1 Å². The fourth-order valence-corrected chi connectivity index (χ4v) is 4.22. The van der Waals surface area contributed by atoms with E-state index >= 15 is 0 Å². The van der Waals surface area contributed by atoms with Crippen LogP contribution >= 0.6 is 11.8 Å². The predicted molar refractivity (Wildman–Crippen MR) is 91.9 cm³/mol. The lowest BCUT2D eigenvalue weighted by Crippen LogP contribution is -2.37. The highest BCUT2D eigenvalue weighted by Crippen LogP contribution is 2.30. The molecular formula is C16H27NO2S2. The number of nitrogens with one attached hydrogen (secondary N) is 1. The van der Waals surface area contributed by atoms with Crippen LogP contribution in [-0.2, 0) is 9.84 Å². The summed E-state index contributed by atoms with van der Waals surface area (Å²) in [5.74, 6) is 0. The maximum atomic E-state index is 11.5. The van der Waals surface area contributed by atoms with E-state index in [0.29, 0.717) is 16.2 Å². The Kier molecular flexibility index (Phi) is 7.77. The molecule has 1 rings (SSSR count). The van der Waals surface area contributed by atoms with E-state index in [0.717, 1.165) is 17.9 Å². The number of benzene rings is 1. The molecule has 0 bridgehead atoms. The smallest absolute Gasteiger partial charge is 0.175 e. The van der Waals surface area contributed by atoms with Crippen LogP contribution in [0.1, 0.15) is 40.0 Å². The number of rotatable bonds is 9. The molecule has 0 spiro atoms. The summed E-state index contributed by atoms with van der Waals surface area (Å²) in [6.45, 7) is 7.54. The average Bonchev–Trinajstić information content (AvgIpc) is 2.44. The van der Waals surface area contributed by atoms with Crippen LogP contribution in [0.2, 0.25) is 0 Å². The van der Waals surface area contributed by atoms with Gasteiger partial charge >= 0.3 is 0 Å². The molecule has 2 unspecified atom stereocenters. The molecule has 2 atom stereocenters. The Hall–Kier alpha value is -0.520. The molecule has 1 aromatic carbocycles. The van der Waals surface area contributed by atoms with Crippen molar-refractivity contribution in [1.29, 1.82) is 0 Å². The topological polar surface area (TPSA) is 46.2 Å². The zero-order valence-corrected chi connectivity index (χ0v) is 15.1. The second kappa shape index (κ2) is 8.81. The molecule has 1 aromatic rings. The first-order valence-corrected chi connectivity index (χ1v) is 10.4. The molecule has 120 valence electrons. The summed E-state index contributed by atoms with van der Waals surface area (Å²) in [5.41, 5.74) is 0. The summed E-state index contributed by atoms with van der Waals surface area (Å²) in [4.78, 5) is 1.52. The number of sulfone groups is 1. The second-order valence-corrected chi connectivity index (χ2v) is 8.59. The van der Waals surface area contributed by atoms with Crippen molar-refractivity contribution in [3.8, 4) is 0 Å². The Balaban J connectivity index is 2.80. The van der Waals surface area contributed by atoms with E-state index < -0.39 is 9.84 Å². The summed E-state index contributed by atoms with van der Waals surface area (Å²) < 4.78 is 23.0. The van der Waals surface area contributed by atoms with Crippen LogP contribution in [0.25, 0.3) is 0 Å². The molecule has 5 heteroatoms. The molecule has 0 aliphatic heterocycles. The molecule has 0 saturated heterocycles. The largest absolute Gasteiger partial charge is 0.313 e. The number of thioether (sulfide) groups is 1. The van der Waals surface area contributed by atoms with E-state index in [1.165, 1.54) is 19.1 Å². The van der Waals surface area contributed by atoms with Gasteiger partial charge in [-0.1, -0.05) is 27.2 Å². The van der Waals surface area contributed by atoms with Gasteiger partial charge in [0.15, 0.2) is 9.84 Å². The molecule has 0 aromatic heterocycles. The van der Waals surface area contributed by atoms with Crippen LogP contribution in [0.4, 0.5) is 0 Å². The highest BCUT2D eigenvalue weighted by Gasteiger charge is 2.19. The zero-order chi connectivity index (χ0) is 15.9. The highest BCUT2D eigenvalue weighted by atomic mass is 32.2. The van der Waals surface area contributed by atoms with Crippen LogP contribution in [-0.4, -0.2) is 32.5 Å². The molecule has 21 heavy (non-hydrogen) atoms. The monoisotopic (exact) mass is 329 g/mol. The first kappa shape index (κ1) is 18.5. The van der Waals surface area contributed by atoms with Gasteiger partial charge in [0, 0.05) is 22.4 Å². The maximum absolute atomic E-state index is 11.5. The van der Waals surface area contributed by atoms with Crippen LogP contribution < -0.4 is 5.32 Å². The Morgan fingerprint density at radius 2 is 1.76 bits per heavy atom. The molecular weight excluding hydrogens is 302 g/mol. The fourth-order valence-electron chi connectivity index (χ4n) is 2.38. The van der Waals surface area contributed by atoms with Crippen LogP contribution in [0, 0.1) is 0 Å². The Morgan fingerprint density at radius 3 is 2.19 bits per heavy atom. The minimum atomic E-state index is -3.11. The molecule has 0 aliphatic rings. The highest BCUT2D eigenvalue weighted by molar-refractivity contribution is 8.00. The van der Waals surface area contributed by atoms with Crippen molar-refractivity contribution < 1.29 is 8.42 Å². The fraction of sp³-hybridized carbons (Fsp3) is 0.625. The Bertz CT molecular complexity index is 506. The van der Waals surface area contributed by atoms with Crippen LogP contribution in [0.3, 0.4) is 0 Å². The number of hydrogen-bond donors (Lipinski definition) is 1. The van der Waals surface area contributed by atoms with Crippen molar-refractivity contribution >= 4 is 21.6 Å². The van der Waals surface area contributed by atoms with Gasteiger partial charge in [0.05, 0.1) is 4.90 Å².